The Morgan fingerprint density at radius 3 is 2.95 bits per heavy atom. The lowest BCUT2D eigenvalue weighted by Crippen LogP contribution is -2.31. The highest BCUT2D eigenvalue weighted by molar-refractivity contribution is 6.33. The molecule has 2 atom stereocenters. The Bertz CT molecular complexity index is 649. The topological polar surface area (TPSA) is 43.4 Å². The fraction of sp³-hybridized carbons (Fsp3) is 0.412. The van der Waals surface area contributed by atoms with Crippen LogP contribution in [0.25, 0.3) is 0 Å². The number of ether oxygens (including phenoxy) is 1. The largest absolute Gasteiger partial charge is 0.465 e. The molecule has 2 unspecified atom stereocenters. The van der Waals surface area contributed by atoms with Crippen LogP contribution in [0.5, 0.6) is 0 Å². The van der Waals surface area contributed by atoms with Crippen molar-refractivity contribution in [3.05, 3.63) is 46.5 Å². The van der Waals surface area contributed by atoms with E-state index in [-0.39, 0.29) is 17.7 Å². The number of carbonyl (C=O) groups excluding carboxylic acids is 2. The number of ketones is 1. The van der Waals surface area contributed by atoms with E-state index in [0.29, 0.717) is 30.0 Å². The van der Waals surface area contributed by atoms with Crippen molar-refractivity contribution in [1.29, 1.82) is 0 Å². The van der Waals surface area contributed by atoms with E-state index in [1.807, 2.05) is 6.07 Å². The zero-order valence-electron chi connectivity index (χ0n) is 11.9. The Kier molecular flexibility index (Phi) is 3.40. The maximum Gasteiger partial charge on any atom is 0.313 e. The quantitative estimate of drug-likeness (QED) is 0.487. The number of fused-ring (bicyclic) bond motifs is 1. The summed E-state index contributed by atoms with van der Waals surface area (Å²) in [5, 5.41) is 0.441. The summed E-state index contributed by atoms with van der Waals surface area (Å²) in [4.78, 5) is 23.7. The SMILES string of the molecule is C=C1CC2COC(=O)C2(Cc2ccc(C(C)=O)c(Cl)c2)C1. The van der Waals surface area contributed by atoms with E-state index >= 15 is 0 Å². The van der Waals surface area contributed by atoms with Crippen LogP contribution >= 0.6 is 11.6 Å². The second-order valence-corrected chi connectivity index (χ2v) is 6.54. The molecule has 3 rings (SSSR count). The summed E-state index contributed by atoms with van der Waals surface area (Å²) in [5.74, 6) is 0.0267. The van der Waals surface area contributed by atoms with E-state index in [4.69, 9.17) is 16.3 Å². The predicted octanol–water partition coefficient (Wildman–Crippen LogP) is 3.59. The van der Waals surface area contributed by atoms with Crippen LogP contribution in [0.2, 0.25) is 5.02 Å². The number of esters is 1. The first-order valence-electron chi connectivity index (χ1n) is 7.05. The molecular weight excluding hydrogens is 288 g/mol. The number of hydrogen-bond donors (Lipinski definition) is 0. The van der Waals surface area contributed by atoms with Crippen LogP contribution < -0.4 is 0 Å². The molecule has 1 heterocycles. The smallest absolute Gasteiger partial charge is 0.313 e. The highest BCUT2D eigenvalue weighted by Gasteiger charge is 2.55. The summed E-state index contributed by atoms with van der Waals surface area (Å²) in [6.07, 6.45) is 2.13. The number of cyclic esters (lactones) is 1. The van der Waals surface area contributed by atoms with E-state index in [2.05, 4.69) is 6.58 Å². The summed E-state index contributed by atoms with van der Waals surface area (Å²) in [6, 6.07) is 5.40. The number of benzene rings is 1. The van der Waals surface area contributed by atoms with Gasteiger partial charge < -0.3 is 4.74 Å². The van der Waals surface area contributed by atoms with E-state index in [0.717, 1.165) is 17.6 Å². The van der Waals surface area contributed by atoms with Crippen molar-refractivity contribution in [2.45, 2.75) is 26.2 Å². The minimum Gasteiger partial charge on any atom is -0.465 e. The molecule has 2 aliphatic rings. The van der Waals surface area contributed by atoms with Gasteiger partial charge in [-0.3, -0.25) is 9.59 Å². The second kappa shape index (κ2) is 4.99. The van der Waals surface area contributed by atoms with Gasteiger partial charge in [-0.2, -0.15) is 0 Å². The summed E-state index contributed by atoms with van der Waals surface area (Å²) < 4.78 is 5.27. The van der Waals surface area contributed by atoms with Crippen molar-refractivity contribution in [1.82, 2.24) is 0 Å². The normalized spacial score (nSPS) is 27.6. The van der Waals surface area contributed by atoms with Crippen molar-refractivity contribution in [3.63, 3.8) is 0 Å². The van der Waals surface area contributed by atoms with E-state index in [9.17, 15) is 9.59 Å². The minimum atomic E-state index is -0.488. The fourth-order valence-electron chi connectivity index (χ4n) is 3.58. The molecule has 1 aromatic rings. The van der Waals surface area contributed by atoms with E-state index < -0.39 is 5.41 Å². The van der Waals surface area contributed by atoms with Crippen LogP contribution in [0, 0.1) is 11.3 Å². The first-order valence-corrected chi connectivity index (χ1v) is 7.43. The summed E-state index contributed by atoms with van der Waals surface area (Å²) in [7, 11) is 0. The zero-order chi connectivity index (χ0) is 15.2. The average molecular weight is 305 g/mol. The maximum absolute atomic E-state index is 12.2. The number of rotatable bonds is 3. The van der Waals surface area contributed by atoms with Crippen LogP contribution in [0.15, 0.2) is 30.4 Å². The molecule has 0 radical (unpaired) electrons. The van der Waals surface area contributed by atoms with Crippen LogP contribution in [0.1, 0.15) is 35.7 Å². The van der Waals surface area contributed by atoms with Gasteiger partial charge >= 0.3 is 5.97 Å². The van der Waals surface area contributed by atoms with Gasteiger partial charge in [0.2, 0.25) is 0 Å². The van der Waals surface area contributed by atoms with Crippen LogP contribution in [-0.4, -0.2) is 18.4 Å². The molecule has 3 nitrogen and oxygen atoms in total. The lowest BCUT2D eigenvalue weighted by Gasteiger charge is -2.24. The molecule has 4 heteroatoms. The van der Waals surface area contributed by atoms with Gasteiger partial charge in [0.15, 0.2) is 5.78 Å². The Labute approximate surface area is 128 Å². The van der Waals surface area contributed by atoms with Crippen LogP contribution in [0.4, 0.5) is 0 Å². The van der Waals surface area contributed by atoms with Gasteiger partial charge in [-0.05, 0) is 43.9 Å². The third-order valence-electron chi connectivity index (χ3n) is 4.64. The number of halogens is 1. The highest BCUT2D eigenvalue weighted by atomic mass is 35.5. The molecule has 21 heavy (non-hydrogen) atoms. The van der Waals surface area contributed by atoms with Crippen molar-refractivity contribution in [3.8, 4) is 0 Å². The summed E-state index contributed by atoms with van der Waals surface area (Å²) in [6.45, 7) is 6.01. The molecule has 1 aliphatic carbocycles. The summed E-state index contributed by atoms with van der Waals surface area (Å²) >= 11 is 6.16. The van der Waals surface area contributed by atoms with Gasteiger partial charge in [0.1, 0.15) is 0 Å². The second-order valence-electron chi connectivity index (χ2n) is 6.13. The number of Topliss-reactive ketones (excluding diaryl/α,β-unsaturated/α-hetero) is 1. The number of carbonyl (C=O) groups is 2. The molecular formula is C17H17ClO3. The lowest BCUT2D eigenvalue weighted by molar-refractivity contribution is -0.146. The van der Waals surface area contributed by atoms with Crippen molar-refractivity contribution < 1.29 is 14.3 Å². The van der Waals surface area contributed by atoms with Gasteiger partial charge in [-0.25, -0.2) is 0 Å². The molecule has 2 fully saturated rings. The molecule has 0 bridgehead atoms. The van der Waals surface area contributed by atoms with Crippen LogP contribution in [0.3, 0.4) is 0 Å². The molecule has 110 valence electrons. The Morgan fingerprint density at radius 1 is 1.52 bits per heavy atom. The van der Waals surface area contributed by atoms with Gasteiger partial charge in [0.05, 0.1) is 17.0 Å². The molecule has 0 aromatic heterocycles. The number of allylic oxidation sites excluding steroid dienone is 1. The standard InChI is InChI=1S/C17H17ClO3/c1-10-5-13-9-21-16(20)17(13,7-10)8-12-3-4-14(11(2)19)15(18)6-12/h3-4,6,13H,1,5,7-9H2,2H3. The Hall–Kier alpha value is -1.61. The molecule has 1 saturated carbocycles. The van der Waals surface area contributed by atoms with Crippen LogP contribution in [-0.2, 0) is 16.0 Å². The number of hydrogen-bond acceptors (Lipinski definition) is 3. The van der Waals surface area contributed by atoms with Crippen molar-refractivity contribution in [2.24, 2.45) is 11.3 Å². The van der Waals surface area contributed by atoms with Gasteiger partial charge in [-0.15, -0.1) is 0 Å². The molecule has 0 amide bonds. The average Bonchev–Trinajstić information content (AvgIpc) is 2.85. The van der Waals surface area contributed by atoms with E-state index in [1.54, 1.807) is 12.1 Å². The first-order chi connectivity index (χ1) is 9.92. The zero-order valence-corrected chi connectivity index (χ0v) is 12.7. The third kappa shape index (κ3) is 2.30. The molecule has 1 aromatic carbocycles. The van der Waals surface area contributed by atoms with Gasteiger partial charge in [0.25, 0.3) is 0 Å². The minimum absolute atomic E-state index is 0.0582. The van der Waals surface area contributed by atoms with E-state index in [1.165, 1.54) is 6.92 Å². The first kappa shape index (κ1) is 14.3. The summed E-state index contributed by atoms with van der Waals surface area (Å²) in [5.41, 5.74) is 2.10. The Morgan fingerprint density at radius 2 is 2.29 bits per heavy atom. The monoisotopic (exact) mass is 304 g/mol. The predicted molar refractivity (Wildman–Crippen MR) is 80.4 cm³/mol. The lowest BCUT2D eigenvalue weighted by atomic mass is 9.75. The Balaban J connectivity index is 1.92. The van der Waals surface area contributed by atoms with Gasteiger partial charge in [0, 0.05) is 11.5 Å². The fourth-order valence-corrected chi connectivity index (χ4v) is 3.92. The van der Waals surface area contributed by atoms with Gasteiger partial charge in [-0.1, -0.05) is 29.8 Å². The molecule has 1 aliphatic heterocycles. The molecule has 0 spiro atoms. The molecule has 1 saturated heterocycles. The highest BCUT2D eigenvalue weighted by Crippen LogP contribution is 2.52. The maximum atomic E-state index is 12.2. The molecule has 0 N–H and O–H groups in total. The van der Waals surface area contributed by atoms with Crippen molar-refractivity contribution >= 4 is 23.4 Å². The van der Waals surface area contributed by atoms with Crippen molar-refractivity contribution in [2.75, 3.05) is 6.61 Å². The third-order valence-corrected chi connectivity index (χ3v) is 4.95.